The van der Waals surface area contributed by atoms with Gasteiger partial charge in [0.2, 0.25) is 0 Å². The highest BCUT2D eigenvalue weighted by atomic mass is 15.3. The Balaban J connectivity index is 2.24. The molecule has 2 heterocycles. The van der Waals surface area contributed by atoms with Crippen LogP contribution in [0.3, 0.4) is 0 Å². The second-order valence-electron chi connectivity index (χ2n) is 5.69. The van der Waals surface area contributed by atoms with Crippen LogP contribution in [0.25, 0.3) is 0 Å². The molecule has 1 aromatic rings. The first-order valence-corrected chi connectivity index (χ1v) is 6.41. The van der Waals surface area contributed by atoms with Crippen molar-refractivity contribution in [3.63, 3.8) is 0 Å². The molecular weight excluding hydrogens is 226 g/mol. The Kier molecular flexibility index (Phi) is 3.50. The summed E-state index contributed by atoms with van der Waals surface area (Å²) in [4.78, 5) is 2.21. The van der Waals surface area contributed by atoms with Gasteiger partial charge in [-0.25, -0.2) is 0 Å². The number of aromatic nitrogens is 2. The fraction of sp³-hybridized carbons (Fsp3) is 0.615. The van der Waals surface area contributed by atoms with Gasteiger partial charge in [0.05, 0.1) is 11.8 Å². The van der Waals surface area contributed by atoms with E-state index in [0.717, 1.165) is 31.7 Å². The van der Waals surface area contributed by atoms with Crippen LogP contribution in [0.15, 0.2) is 12.3 Å². The number of nitrogens with one attached hydrogen (secondary N) is 1. The quantitative estimate of drug-likeness (QED) is 0.616. The normalized spacial score (nSPS) is 19.3. The molecule has 0 aromatic carbocycles. The number of rotatable bonds is 2. The molecule has 0 amide bonds. The summed E-state index contributed by atoms with van der Waals surface area (Å²) in [5, 5.41) is 15.7. The van der Waals surface area contributed by atoms with Gasteiger partial charge in [0, 0.05) is 13.1 Å². The number of nitrogens with two attached hydrogens (primary N) is 1. The van der Waals surface area contributed by atoms with Gasteiger partial charge in [-0.3, -0.25) is 5.41 Å². The van der Waals surface area contributed by atoms with Crippen molar-refractivity contribution in [2.45, 2.75) is 33.1 Å². The van der Waals surface area contributed by atoms with E-state index in [1.165, 1.54) is 6.42 Å². The maximum atomic E-state index is 7.61. The van der Waals surface area contributed by atoms with Crippen molar-refractivity contribution in [1.29, 1.82) is 5.41 Å². The van der Waals surface area contributed by atoms with Crippen molar-refractivity contribution in [1.82, 2.24) is 10.2 Å². The smallest absolute Gasteiger partial charge is 0.162 e. The molecule has 0 atom stereocenters. The largest absolute Gasteiger partial charge is 0.384 e. The van der Waals surface area contributed by atoms with E-state index in [0.29, 0.717) is 11.0 Å². The van der Waals surface area contributed by atoms with Crippen LogP contribution in [0.2, 0.25) is 0 Å². The zero-order valence-electron chi connectivity index (χ0n) is 11.1. The molecule has 1 saturated heterocycles. The maximum Gasteiger partial charge on any atom is 0.162 e. The maximum absolute atomic E-state index is 7.61. The van der Waals surface area contributed by atoms with E-state index in [2.05, 4.69) is 28.9 Å². The van der Waals surface area contributed by atoms with Crippen LogP contribution in [-0.4, -0.2) is 29.1 Å². The van der Waals surface area contributed by atoms with Crippen LogP contribution < -0.4 is 10.6 Å². The van der Waals surface area contributed by atoms with Gasteiger partial charge in [0.1, 0.15) is 5.84 Å². The lowest BCUT2D eigenvalue weighted by atomic mass is 9.85. The summed E-state index contributed by atoms with van der Waals surface area (Å²) in [5.74, 6) is 0.811. The molecule has 18 heavy (non-hydrogen) atoms. The molecule has 3 N–H and O–H groups in total. The standard InChI is InChI=1S/C13H21N5/c1-13(2)5-3-8-18(9-6-13)12-10(11(14)15)4-7-16-17-12/h4,7H,3,5-6,8-9H2,1-2H3,(H3,14,15). The third kappa shape index (κ3) is 2.78. The van der Waals surface area contributed by atoms with Crippen molar-refractivity contribution in [3.05, 3.63) is 17.8 Å². The fourth-order valence-electron chi connectivity index (χ4n) is 2.40. The lowest BCUT2D eigenvalue weighted by Gasteiger charge is -2.24. The van der Waals surface area contributed by atoms with Gasteiger partial charge in [-0.15, -0.1) is 5.10 Å². The van der Waals surface area contributed by atoms with Gasteiger partial charge >= 0.3 is 0 Å². The number of hydrogen-bond acceptors (Lipinski definition) is 4. The highest BCUT2D eigenvalue weighted by Crippen LogP contribution is 2.31. The molecule has 0 saturated carbocycles. The lowest BCUT2D eigenvalue weighted by Crippen LogP contribution is -2.29. The Bertz CT molecular complexity index is 441. The first kappa shape index (κ1) is 12.8. The minimum absolute atomic E-state index is 0.0587. The van der Waals surface area contributed by atoms with Crippen LogP contribution in [0, 0.1) is 10.8 Å². The molecule has 1 fully saturated rings. The zero-order valence-corrected chi connectivity index (χ0v) is 11.1. The van der Waals surface area contributed by atoms with E-state index in [-0.39, 0.29) is 5.84 Å². The number of nitrogens with zero attached hydrogens (tertiary/aromatic N) is 3. The average molecular weight is 247 g/mol. The van der Waals surface area contributed by atoms with Crippen molar-refractivity contribution >= 4 is 11.7 Å². The van der Waals surface area contributed by atoms with Crippen LogP contribution in [0.5, 0.6) is 0 Å². The third-order valence-corrected chi connectivity index (χ3v) is 3.63. The predicted molar refractivity (Wildman–Crippen MR) is 72.9 cm³/mol. The molecule has 0 aliphatic carbocycles. The molecule has 1 aliphatic heterocycles. The molecule has 0 bridgehead atoms. The Morgan fingerprint density at radius 2 is 2.17 bits per heavy atom. The molecule has 0 spiro atoms. The van der Waals surface area contributed by atoms with E-state index in [9.17, 15) is 0 Å². The van der Waals surface area contributed by atoms with Crippen LogP contribution in [0.4, 0.5) is 5.82 Å². The summed E-state index contributed by atoms with van der Waals surface area (Å²) in [6, 6.07) is 1.76. The Morgan fingerprint density at radius 3 is 2.89 bits per heavy atom. The molecule has 0 radical (unpaired) electrons. The first-order chi connectivity index (χ1) is 8.49. The predicted octanol–water partition coefficient (Wildman–Crippen LogP) is 1.78. The number of anilines is 1. The summed E-state index contributed by atoms with van der Waals surface area (Å²) in [5.41, 5.74) is 6.67. The SMILES string of the molecule is CC1(C)CCCN(c2nnccc2C(=N)N)CC1. The molecule has 98 valence electrons. The van der Waals surface area contributed by atoms with Gasteiger partial charge in [-0.05, 0) is 30.7 Å². The van der Waals surface area contributed by atoms with E-state index in [1.807, 2.05) is 0 Å². The van der Waals surface area contributed by atoms with Crippen LogP contribution >= 0.6 is 0 Å². The number of amidine groups is 1. The van der Waals surface area contributed by atoms with Crippen molar-refractivity contribution in [2.75, 3.05) is 18.0 Å². The zero-order chi connectivity index (χ0) is 13.2. The van der Waals surface area contributed by atoms with Crippen LogP contribution in [-0.2, 0) is 0 Å². The fourth-order valence-corrected chi connectivity index (χ4v) is 2.40. The highest BCUT2D eigenvalue weighted by Gasteiger charge is 2.25. The van der Waals surface area contributed by atoms with Crippen molar-refractivity contribution in [3.8, 4) is 0 Å². The highest BCUT2D eigenvalue weighted by molar-refractivity contribution is 5.99. The summed E-state index contributed by atoms with van der Waals surface area (Å²) in [7, 11) is 0. The van der Waals surface area contributed by atoms with Gasteiger partial charge in [-0.1, -0.05) is 13.8 Å². The molecule has 2 rings (SSSR count). The topological polar surface area (TPSA) is 78.9 Å². The molecular formula is C13H21N5. The second kappa shape index (κ2) is 4.92. The van der Waals surface area contributed by atoms with Gasteiger partial charge < -0.3 is 10.6 Å². The van der Waals surface area contributed by atoms with E-state index in [4.69, 9.17) is 11.1 Å². The third-order valence-electron chi connectivity index (χ3n) is 3.63. The summed E-state index contributed by atoms with van der Waals surface area (Å²) in [6.45, 7) is 6.52. The average Bonchev–Trinajstić information content (AvgIpc) is 2.50. The Morgan fingerprint density at radius 1 is 1.39 bits per heavy atom. The van der Waals surface area contributed by atoms with Gasteiger partial charge in [0.25, 0.3) is 0 Å². The molecule has 1 aromatic heterocycles. The monoisotopic (exact) mass is 247 g/mol. The van der Waals surface area contributed by atoms with Crippen molar-refractivity contribution in [2.24, 2.45) is 11.1 Å². The van der Waals surface area contributed by atoms with E-state index in [1.54, 1.807) is 12.3 Å². The van der Waals surface area contributed by atoms with Crippen molar-refractivity contribution < 1.29 is 0 Å². The summed E-state index contributed by atoms with van der Waals surface area (Å²) >= 11 is 0. The second-order valence-corrected chi connectivity index (χ2v) is 5.69. The Hall–Kier alpha value is -1.65. The lowest BCUT2D eigenvalue weighted by molar-refractivity contribution is 0.325. The summed E-state index contributed by atoms with van der Waals surface area (Å²) in [6.07, 6.45) is 5.07. The van der Waals surface area contributed by atoms with Gasteiger partial charge in [-0.2, -0.15) is 5.10 Å². The molecule has 5 nitrogen and oxygen atoms in total. The minimum Gasteiger partial charge on any atom is -0.384 e. The Labute approximate surface area is 108 Å². The molecule has 1 aliphatic rings. The molecule has 5 heteroatoms. The number of hydrogen-bond donors (Lipinski definition) is 2. The molecule has 0 unspecified atom stereocenters. The summed E-state index contributed by atoms with van der Waals surface area (Å²) < 4.78 is 0. The van der Waals surface area contributed by atoms with Crippen LogP contribution in [0.1, 0.15) is 38.7 Å². The number of nitrogen functional groups attached to an aromatic ring is 1. The van der Waals surface area contributed by atoms with E-state index >= 15 is 0 Å². The van der Waals surface area contributed by atoms with Gasteiger partial charge in [0.15, 0.2) is 5.82 Å². The van der Waals surface area contributed by atoms with E-state index < -0.39 is 0 Å². The minimum atomic E-state index is 0.0587. The first-order valence-electron chi connectivity index (χ1n) is 6.41.